The molecule has 3 heterocycles. The van der Waals surface area contributed by atoms with Gasteiger partial charge in [-0.2, -0.15) is 8.42 Å². The van der Waals surface area contributed by atoms with Gasteiger partial charge in [0.1, 0.15) is 23.9 Å². The van der Waals surface area contributed by atoms with Crippen molar-refractivity contribution in [3.63, 3.8) is 0 Å². The molecule has 10 nitrogen and oxygen atoms in total. The van der Waals surface area contributed by atoms with Crippen LogP contribution >= 0.6 is 11.6 Å². The van der Waals surface area contributed by atoms with Crippen molar-refractivity contribution in [1.29, 1.82) is 0 Å². The number of nitrogens with one attached hydrogen (secondary N) is 1. The van der Waals surface area contributed by atoms with Crippen molar-refractivity contribution < 1.29 is 27.4 Å². The van der Waals surface area contributed by atoms with E-state index in [2.05, 4.69) is 15.3 Å². The number of hydrogen-bond donors (Lipinski definition) is 1. The molecule has 1 N–H and O–H groups in total. The molecule has 2 unspecified atom stereocenters. The Morgan fingerprint density at radius 3 is 2.47 bits per heavy atom. The predicted octanol–water partition coefficient (Wildman–Crippen LogP) is 4.12. The number of rotatable bonds is 5. The predicted molar refractivity (Wildman–Crippen MR) is 133 cm³/mol. The van der Waals surface area contributed by atoms with Gasteiger partial charge in [0.25, 0.3) is 0 Å². The number of carbonyl (C=O) groups excluding carboxylic acids is 1. The first-order valence-corrected chi connectivity index (χ1v) is 12.8. The molecular weight excluding hydrogens is 508 g/mol. The van der Waals surface area contributed by atoms with Crippen LogP contribution in [0.25, 0.3) is 0 Å². The zero-order valence-corrected chi connectivity index (χ0v) is 21.9. The first-order valence-electron chi connectivity index (χ1n) is 11.8. The number of fused-ring (bicyclic) bond motifs is 2. The number of carbonyl (C=O) groups is 1. The minimum absolute atomic E-state index is 0.0662. The summed E-state index contributed by atoms with van der Waals surface area (Å²) in [6, 6.07) is 5.69. The van der Waals surface area contributed by atoms with Gasteiger partial charge in [-0.05, 0) is 51.3 Å². The van der Waals surface area contributed by atoms with E-state index in [0.717, 1.165) is 29.7 Å². The van der Waals surface area contributed by atoms with Crippen molar-refractivity contribution in [3.05, 3.63) is 40.7 Å². The number of ether oxygens (including phenoxy) is 3. The number of morpholine rings is 1. The minimum Gasteiger partial charge on any atom is -0.474 e. The van der Waals surface area contributed by atoms with Crippen molar-refractivity contribution in [3.8, 4) is 5.88 Å². The molecule has 1 aliphatic carbocycles. The molecule has 1 aromatic heterocycles. The lowest BCUT2D eigenvalue weighted by molar-refractivity contribution is -0.0956. The molecule has 1 amide bonds. The number of anilines is 2. The third-order valence-corrected chi connectivity index (χ3v) is 6.98. The highest BCUT2D eigenvalue weighted by molar-refractivity contribution is 7.51. The average molecular weight is 537 g/mol. The number of hydrogen-bond acceptors (Lipinski definition) is 9. The van der Waals surface area contributed by atoms with Crippen molar-refractivity contribution in [2.45, 2.75) is 70.2 Å². The molecule has 2 atom stereocenters. The van der Waals surface area contributed by atoms with Crippen LogP contribution in [0, 0.1) is 13.8 Å². The summed E-state index contributed by atoms with van der Waals surface area (Å²) in [5.74, 6) is 1.18. The second kappa shape index (κ2) is 11.1. The Morgan fingerprint density at radius 2 is 1.86 bits per heavy atom. The maximum atomic E-state index is 12.8. The summed E-state index contributed by atoms with van der Waals surface area (Å²) in [4.78, 5) is 23.4. The number of aromatic nitrogens is 2. The molecule has 3 fully saturated rings. The van der Waals surface area contributed by atoms with E-state index in [9.17, 15) is 4.79 Å². The maximum absolute atomic E-state index is 12.8. The third kappa shape index (κ3) is 6.13. The standard InChI is InChI=1S/C24H29ClN4O4.O2S/c1-14-4-5-20(19(25)8-14)28-21-15(2)22(27-13-26-21)32-18-9-16-11-31-12-17(10-18)29(16)23(30)33-24(3)6-7-24;1-3-2/h4-5,8,13,16-18H,6-7,9-12H2,1-3H3,(H,26,27,28);. The Bertz CT molecular complexity index is 1140. The molecule has 2 bridgehead atoms. The number of nitrogens with zero attached hydrogens (tertiary/aromatic N) is 3. The van der Waals surface area contributed by atoms with Crippen LogP contribution in [0.2, 0.25) is 5.02 Å². The molecule has 0 radical (unpaired) electrons. The highest BCUT2D eigenvalue weighted by Gasteiger charge is 2.48. The highest BCUT2D eigenvalue weighted by Crippen LogP contribution is 2.41. The molecule has 36 heavy (non-hydrogen) atoms. The summed E-state index contributed by atoms with van der Waals surface area (Å²) < 4.78 is 34.4. The second-order valence-corrected chi connectivity index (χ2v) is 10.2. The van der Waals surface area contributed by atoms with E-state index in [1.165, 1.54) is 6.33 Å². The number of piperidine rings is 1. The summed E-state index contributed by atoms with van der Waals surface area (Å²) in [5, 5.41) is 3.91. The van der Waals surface area contributed by atoms with Crippen LogP contribution in [-0.2, 0) is 21.0 Å². The van der Waals surface area contributed by atoms with Gasteiger partial charge in [0.2, 0.25) is 5.88 Å². The number of aryl methyl sites for hydroxylation is 1. The molecule has 194 valence electrons. The number of amides is 1. The van der Waals surface area contributed by atoms with Gasteiger partial charge in [-0.25, -0.2) is 14.8 Å². The first kappa shape index (κ1) is 26.3. The van der Waals surface area contributed by atoms with Gasteiger partial charge in [-0.3, -0.25) is 4.90 Å². The lowest BCUT2D eigenvalue weighted by Crippen LogP contribution is -2.61. The van der Waals surface area contributed by atoms with E-state index >= 15 is 0 Å². The van der Waals surface area contributed by atoms with Crippen molar-refractivity contribution in [1.82, 2.24) is 14.9 Å². The van der Waals surface area contributed by atoms with Crippen molar-refractivity contribution in [2.75, 3.05) is 18.5 Å². The fraction of sp³-hybridized carbons (Fsp3) is 0.542. The van der Waals surface area contributed by atoms with Gasteiger partial charge in [0.15, 0.2) is 0 Å². The van der Waals surface area contributed by atoms with Gasteiger partial charge in [0.05, 0.1) is 41.6 Å². The SMILES string of the molecule is Cc1ccc(Nc2ncnc(OC3CC4COCC(C3)N4C(=O)OC3(C)CC3)c2C)c(Cl)c1.O=S=O. The van der Waals surface area contributed by atoms with E-state index in [-0.39, 0.29) is 29.9 Å². The van der Waals surface area contributed by atoms with E-state index in [0.29, 0.717) is 42.8 Å². The Kier molecular flexibility index (Phi) is 8.11. The lowest BCUT2D eigenvalue weighted by Gasteiger charge is -2.47. The van der Waals surface area contributed by atoms with Gasteiger partial charge in [0, 0.05) is 12.8 Å². The van der Waals surface area contributed by atoms with Crippen LogP contribution < -0.4 is 10.1 Å². The molecule has 1 aromatic carbocycles. The molecule has 5 rings (SSSR count). The van der Waals surface area contributed by atoms with Crippen LogP contribution in [-0.4, -0.2) is 66.4 Å². The van der Waals surface area contributed by atoms with Crippen LogP contribution in [0.3, 0.4) is 0 Å². The molecule has 1 saturated carbocycles. The van der Waals surface area contributed by atoms with E-state index < -0.39 is 11.6 Å². The molecule has 2 aliphatic heterocycles. The summed E-state index contributed by atoms with van der Waals surface area (Å²) >= 11 is 5.62. The van der Waals surface area contributed by atoms with Crippen molar-refractivity contribution >= 4 is 40.8 Å². The summed E-state index contributed by atoms with van der Waals surface area (Å²) in [5.41, 5.74) is 2.38. The topological polar surface area (TPSA) is 120 Å². The van der Waals surface area contributed by atoms with Gasteiger partial charge in [-0.1, -0.05) is 17.7 Å². The van der Waals surface area contributed by atoms with E-state index in [4.69, 9.17) is 34.2 Å². The normalized spacial score (nSPS) is 23.6. The fourth-order valence-electron chi connectivity index (χ4n) is 4.49. The summed E-state index contributed by atoms with van der Waals surface area (Å²) in [6.07, 6.45) is 4.37. The van der Waals surface area contributed by atoms with Crippen LogP contribution in [0.1, 0.15) is 43.7 Å². The van der Waals surface area contributed by atoms with Crippen LogP contribution in [0.4, 0.5) is 16.3 Å². The zero-order valence-electron chi connectivity index (χ0n) is 20.4. The summed E-state index contributed by atoms with van der Waals surface area (Å²) in [6.45, 7) is 6.88. The average Bonchev–Trinajstić information content (AvgIpc) is 3.54. The molecule has 12 heteroatoms. The summed E-state index contributed by atoms with van der Waals surface area (Å²) in [7, 11) is 0. The van der Waals surface area contributed by atoms with E-state index in [1.807, 2.05) is 43.9 Å². The number of benzene rings is 1. The maximum Gasteiger partial charge on any atom is 0.410 e. The first-order chi connectivity index (χ1) is 17.2. The second-order valence-electron chi connectivity index (χ2n) is 9.61. The molecule has 2 aromatic rings. The quantitative estimate of drug-likeness (QED) is 0.601. The molecule has 3 aliphatic rings. The largest absolute Gasteiger partial charge is 0.474 e. The van der Waals surface area contributed by atoms with Gasteiger partial charge >= 0.3 is 17.7 Å². The Balaban J connectivity index is 0.000000967. The lowest BCUT2D eigenvalue weighted by atomic mass is 9.92. The Morgan fingerprint density at radius 1 is 1.19 bits per heavy atom. The molecule has 2 saturated heterocycles. The number of halogens is 1. The van der Waals surface area contributed by atoms with Crippen LogP contribution in [0.5, 0.6) is 5.88 Å². The monoisotopic (exact) mass is 536 g/mol. The highest BCUT2D eigenvalue weighted by atomic mass is 35.5. The molecule has 0 spiro atoms. The molecular formula is C24H29ClN4O6S. The van der Waals surface area contributed by atoms with E-state index in [1.54, 1.807) is 0 Å². The Labute approximate surface area is 218 Å². The van der Waals surface area contributed by atoms with Gasteiger partial charge in [-0.15, -0.1) is 0 Å². The minimum atomic E-state index is -0.750. The Hall–Kier alpha value is -2.76. The smallest absolute Gasteiger partial charge is 0.410 e. The van der Waals surface area contributed by atoms with Crippen LogP contribution in [0.15, 0.2) is 24.5 Å². The zero-order chi connectivity index (χ0) is 25.9. The van der Waals surface area contributed by atoms with Gasteiger partial charge < -0.3 is 19.5 Å². The third-order valence-electron chi connectivity index (χ3n) is 6.67. The fourth-order valence-corrected chi connectivity index (χ4v) is 4.77. The van der Waals surface area contributed by atoms with Crippen molar-refractivity contribution in [2.24, 2.45) is 0 Å².